The number of hydrogen-bond acceptors (Lipinski definition) is 6. The van der Waals surface area contributed by atoms with E-state index in [-0.39, 0.29) is 23.6 Å². The number of nitrogens with zero attached hydrogens (tertiary/aromatic N) is 3. The van der Waals surface area contributed by atoms with E-state index in [1.807, 2.05) is 18.2 Å². The first-order valence-electron chi connectivity index (χ1n) is 14.5. The number of pyridine rings is 2. The SMILES string of the molecule is O=C(c1cc2c([nH]c1=O)CCCC2)N(Cc1ccco1)Cc1cc2cc3c(cc2nc1N1CCOCC1)CCC3. The number of morpholine rings is 1. The van der Waals surface area contributed by atoms with Gasteiger partial charge in [0.25, 0.3) is 11.5 Å². The average Bonchev–Trinajstić information content (AvgIpc) is 3.67. The molecule has 2 aliphatic carbocycles. The fourth-order valence-corrected chi connectivity index (χ4v) is 6.45. The lowest BCUT2D eigenvalue weighted by Gasteiger charge is -2.31. The highest BCUT2D eigenvalue weighted by molar-refractivity contribution is 5.94. The molecule has 1 N–H and O–H groups in total. The third kappa shape index (κ3) is 4.81. The zero-order valence-electron chi connectivity index (χ0n) is 22.7. The van der Waals surface area contributed by atoms with Gasteiger partial charge in [-0.2, -0.15) is 0 Å². The van der Waals surface area contributed by atoms with Crippen LogP contribution in [0.5, 0.6) is 0 Å². The number of nitrogens with one attached hydrogen (secondary N) is 1. The molecule has 206 valence electrons. The molecule has 0 spiro atoms. The Kier molecular flexibility index (Phi) is 6.63. The summed E-state index contributed by atoms with van der Waals surface area (Å²) >= 11 is 0. The second-order valence-electron chi connectivity index (χ2n) is 11.2. The van der Waals surface area contributed by atoms with Crippen molar-refractivity contribution in [2.75, 3.05) is 31.2 Å². The maximum absolute atomic E-state index is 14.1. The van der Waals surface area contributed by atoms with Gasteiger partial charge in [-0.1, -0.05) is 0 Å². The maximum Gasteiger partial charge on any atom is 0.261 e. The quantitative estimate of drug-likeness (QED) is 0.387. The van der Waals surface area contributed by atoms with E-state index in [1.165, 1.54) is 17.5 Å². The number of furan rings is 1. The van der Waals surface area contributed by atoms with Crippen LogP contribution in [0.2, 0.25) is 0 Å². The molecule has 3 aromatic heterocycles. The molecule has 0 atom stereocenters. The van der Waals surface area contributed by atoms with Gasteiger partial charge < -0.3 is 23.9 Å². The van der Waals surface area contributed by atoms with Crippen LogP contribution in [0.3, 0.4) is 0 Å². The minimum absolute atomic E-state index is 0.187. The molecule has 1 amide bonds. The number of rotatable bonds is 6. The molecule has 4 heterocycles. The predicted molar refractivity (Wildman–Crippen MR) is 153 cm³/mol. The summed E-state index contributed by atoms with van der Waals surface area (Å²) < 4.78 is 11.3. The number of carbonyl (C=O) groups excluding carboxylic acids is 1. The Labute approximate surface area is 233 Å². The van der Waals surface area contributed by atoms with Gasteiger partial charge in [-0.05, 0) is 98.0 Å². The van der Waals surface area contributed by atoms with Crippen LogP contribution in [-0.4, -0.2) is 47.1 Å². The van der Waals surface area contributed by atoms with Gasteiger partial charge in [0.2, 0.25) is 0 Å². The Balaban J connectivity index is 1.30. The molecule has 1 aliphatic heterocycles. The van der Waals surface area contributed by atoms with Crippen LogP contribution in [0.1, 0.15) is 63.3 Å². The van der Waals surface area contributed by atoms with E-state index in [4.69, 9.17) is 14.1 Å². The van der Waals surface area contributed by atoms with Crippen molar-refractivity contribution in [3.63, 3.8) is 0 Å². The minimum atomic E-state index is -0.323. The monoisotopic (exact) mass is 538 g/mol. The molecular formula is C32H34N4O4. The van der Waals surface area contributed by atoms with Crippen molar-refractivity contribution in [3.8, 4) is 0 Å². The van der Waals surface area contributed by atoms with E-state index in [2.05, 4.69) is 28.1 Å². The van der Waals surface area contributed by atoms with Crippen LogP contribution in [0.4, 0.5) is 5.82 Å². The molecule has 1 saturated heterocycles. The van der Waals surface area contributed by atoms with Crippen molar-refractivity contribution in [1.82, 2.24) is 14.9 Å². The highest BCUT2D eigenvalue weighted by atomic mass is 16.5. The fraction of sp³-hybridized carbons (Fsp3) is 0.406. The fourth-order valence-electron chi connectivity index (χ4n) is 6.45. The summed E-state index contributed by atoms with van der Waals surface area (Å²) in [6.07, 6.45) is 8.84. The van der Waals surface area contributed by atoms with Gasteiger partial charge in [0.15, 0.2) is 0 Å². The number of aromatic nitrogens is 2. The molecule has 1 fully saturated rings. The van der Waals surface area contributed by atoms with E-state index >= 15 is 0 Å². The summed E-state index contributed by atoms with van der Waals surface area (Å²) in [6, 6.07) is 12.2. The Morgan fingerprint density at radius 1 is 0.950 bits per heavy atom. The standard InChI is InChI=1S/C32H34N4O4/c37-31-27(17-23-5-1-2-9-28(23)34-31)32(38)36(20-26-8-4-12-40-26)19-25-16-24-15-21-6-3-7-22(21)18-29(24)33-30(25)35-10-13-39-14-11-35/h4,8,12,15-18H,1-3,5-7,9-11,13-14,19-20H2,(H,34,37). The average molecular weight is 539 g/mol. The molecule has 3 aliphatic rings. The van der Waals surface area contributed by atoms with Crippen molar-refractivity contribution >= 4 is 22.6 Å². The molecular weight excluding hydrogens is 504 g/mol. The lowest BCUT2D eigenvalue weighted by atomic mass is 9.95. The first-order valence-corrected chi connectivity index (χ1v) is 14.5. The molecule has 8 heteroatoms. The van der Waals surface area contributed by atoms with E-state index in [0.29, 0.717) is 25.5 Å². The highest BCUT2D eigenvalue weighted by Gasteiger charge is 2.26. The molecule has 4 aromatic rings. The van der Waals surface area contributed by atoms with Gasteiger partial charge >= 0.3 is 0 Å². The number of fused-ring (bicyclic) bond motifs is 3. The van der Waals surface area contributed by atoms with E-state index in [9.17, 15) is 9.59 Å². The van der Waals surface area contributed by atoms with Crippen molar-refractivity contribution in [2.24, 2.45) is 0 Å². The first-order chi connectivity index (χ1) is 19.6. The summed E-state index contributed by atoms with van der Waals surface area (Å²) in [7, 11) is 0. The molecule has 0 saturated carbocycles. The zero-order chi connectivity index (χ0) is 27.1. The van der Waals surface area contributed by atoms with Gasteiger partial charge in [-0.25, -0.2) is 4.98 Å². The van der Waals surface area contributed by atoms with Crippen LogP contribution in [-0.2, 0) is 43.5 Å². The third-order valence-electron chi connectivity index (χ3n) is 8.54. The second kappa shape index (κ2) is 10.6. The van der Waals surface area contributed by atoms with Crippen molar-refractivity contribution in [2.45, 2.75) is 58.0 Å². The van der Waals surface area contributed by atoms with Gasteiger partial charge in [0.1, 0.15) is 17.1 Å². The summed E-state index contributed by atoms with van der Waals surface area (Å²) in [6.45, 7) is 3.34. The molecule has 0 radical (unpaired) electrons. The van der Waals surface area contributed by atoms with Gasteiger partial charge in [-0.3, -0.25) is 9.59 Å². The number of anilines is 1. The minimum Gasteiger partial charge on any atom is -0.467 e. The molecule has 0 bridgehead atoms. The van der Waals surface area contributed by atoms with E-state index < -0.39 is 0 Å². The molecule has 7 rings (SSSR count). The van der Waals surface area contributed by atoms with Crippen LogP contribution in [0.25, 0.3) is 10.9 Å². The normalized spacial score (nSPS) is 16.6. The smallest absolute Gasteiger partial charge is 0.261 e. The van der Waals surface area contributed by atoms with Gasteiger partial charge in [-0.15, -0.1) is 0 Å². The lowest BCUT2D eigenvalue weighted by Crippen LogP contribution is -2.39. The lowest BCUT2D eigenvalue weighted by molar-refractivity contribution is 0.0715. The van der Waals surface area contributed by atoms with Crippen LogP contribution < -0.4 is 10.5 Å². The van der Waals surface area contributed by atoms with Crippen molar-refractivity contribution < 1.29 is 13.9 Å². The van der Waals surface area contributed by atoms with Crippen molar-refractivity contribution in [1.29, 1.82) is 0 Å². The second-order valence-corrected chi connectivity index (χ2v) is 11.2. The number of hydrogen-bond donors (Lipinski definition) is 1. The molecule has 40 heavy (non-hydrogen) atoms. The molecule has 0 unspecified atom stereocenters. The number of ether oxygens (including phenoxy) is 1. The Hall–Kier alpha value is -3.91. The summed E-state index contributed by atoms with van der Waals surface area (Å²) in [5, 5.41) is 1.09. The Morgan fingerprint density at radius 2 is 1.75 bits per heavy atom. The largest absolute Gasteiger partial charge is 0.467 e. The number of H-pyrrole nitrogens is 1. The number of amides is 1. The third-order valence-corrected chi connectivity index (χ3v) is 8.54. The van der Waals surface area contributed by atoms with Crippen LogP contribution in [0, 0.1) is 0 Å². The van der Waals surface area contributed by atoms with Crippen LogP contribution in [0.15, 0.2) is 51.9 Å². The number of carbonyl (C=O) groups is 1. The number of benzene rings is 1. The van der Waals surface area contributed by atoms with Crippen molar-refractivity contribution in [3.05, 3.63) is 92.3 Å². The van der Waals surface area contributed by atoms with E-state index in [1.54, 1.807) is 11.2 Å². The Morgan fingerprint density at radius 3 is 2.58 bits per heavy atom. The summed E-state index contributed by atoms with van der Waals surface area (Å²) in [4.78, 5) is 39.4. The molecule has 8 nitrogen and oxygen atoms in total. The highest BCUT2D eigenvalue weighted by Crippen LogP contribution is 2.32. The molecule has 1 aromatic carbocycles. The van der Waals surface area contributed by atoms with Gasteiger partial charge in [0.05, 0.1) is 38.1 Å². The predicted octanol–water partition coefficient (Wildman–Crippen LogP) is 4.56. The van der Waals surface area contributed by atoms with Crippen LogP contribution >= 0.6 is 0 Å². The first kappa shape index (κ1) is 25.1. The Bertz CT molecular complexity index is 1620. The zero-order valence-corrected chi connectivity index (χ0v) is 22.7. The maximum atomic E-state index is 14.1. The van der Waals surface area contributed by atoms with Gasteiger partial charge in [0, 0.05) is 29.7 Å². The topological polar surface area (TPSA) is 91.7 Å². The number of aromatic amines is 1. The number of aryl methyl sites for hydroxylation is 4. The summed E-state index contributed by atoms with van der Waals surface area (Å²) in [5.74, 6) is 1.25. The summed E-state index contributed by atoms with van der Waals surface area (Å²) in [5.41, 5.74) is 6.63. The van der Waals surface area contributed by atoms with E-state index in [0.717, 1.165) is 85.2 Å².